The third-order valence-electron chi connectivity index (χ3n) is 1.81. The van der Waals surface area contributed by atoms with Gasteiger partial charge in [0.1, 0.15) is 0 Å². The van der Waals surface area contributed by atoms with Crippen LogP contribution in [0.15, 0.2) is 9.85 Å². The monoisotopic (exact) mass is 343 g/mol. The second-order valence-corrected chi connectivity index (χ2v) is 6.86. The molecular formula is C8H11Br2NS2. The summed E-state index contributed by atoms with van der Waals surface area (Å²) < 4.78 is 1.16. The van der Waals surface area contributed by atoms with Crippen LogP contribution in [0, 0.1) is 0 Å². The van der Waals surface area contributed by atoms with E-state index in [1.807, 2.05) is 0 Å². The van der Waals surface area contributed by atoms with E-state index in [2.05, 4.69) is 69.4 Å². The summed E-state index contributed by atoms with van der Waals surface area (Å²) in [7, 11) is 2.07. The Kier molecular flexibility index (Phi) is 4.62. The summed E-state index contributed by atoms with van der Waals surface area (Å²) in [5.41, 5.74) is 1.25. The quantitative estimate of drug-likeness (QED) is 0.490. The molecule has 1 aromatic rings. The van der Waals surface area contributed by atoms with Crippen molar-refractivity contribution in [1.82, 2.24) is 0 Å². The molecule has 5 heteroatoms. The lowest BCUT2D eigenvalue weighted by Crippen LogP contribution is -2.23. The highest BCUT2D eigenvalue weighted by atomic mass is 79.9. The fourth-order valence-electron chi connectivity index (χ4n) is 0.991. The van der Waals surface area contributed by atoms with Crippen molar-refractivity contribution >= 4 is 61.5 Å². The molecule has 13 heavy (non-hydrogen) atoms. The molecule has 0 aliphatic carbocycles. The molecule has 74 valence electrons. The van der Waals surface area contributed by atoms with E-state index in [1.165, 1.54) is 10.6 Å². The van der Waals surface area contributed by atoms with Crippen molar-refractivity contribution in [2.24, 2.45) is 0 Å². The highest BCUT2D eigenvalue weighted by Crippen LogP contribution is 2.35. The molecule has 0 radical (unpaired) electrons. The Morgan fingerprint density at radius 1 is 1.69 bits per heavy atom. The first-order valence-corrected chi connectivity index (χ1v) is 6.98. The van der Waals surface area contributed by atoms with Crippen LogP contribution in [0.25, 0.3) is 0 Å². The Balaban J connectivity index is 2.98. The number of thiophene rings is 1. The second kappa shape index (κ2) is 5.05. The smallest absolute Gasteiger partial charge is 0.0814 e. The summed E-state index contributed by atoms with van der Waals surface area (Å²) in [6, 6.07) is 2.13. The highest BCUT2D eigenvalue weighted by Gasteiger charge is 2.13. The minimum absolute atomic E-state index is 0.340. The van der Waals surface area contributed by atoms with Crippen molar-refractivity contribution < 1.29 is 0 Å². The van der Waals surface area contributed by atoms with Crippen LogP contribution >= 0.6 is 55.8 Å². The Morgan fingerprint density at radius 3 is 2.77 bits per heavy atom. The molecule has 1 rings (SSSR count). The van der Waals surface area contributed by atoms with E-state index >= 15 is 0 Å². The molecule has 1 atom stereocenters. The highest BCUT2D eigenvalue weighted by molar-refractivity contribution is 9.11. The second-order valence-electron chi connectivity index (χ2n) is 2.70. The first-order chi connectivity index (χ1) is 6.06. The van der Waals surface area contributed by atoms with Gasteiger partial charge in [-0.25, -0.2) is 0 Å². The topological polar surface area (TPSA) is 3.24 Å². The predicted octanol–water partition coefficient (Wildman–Crippen LogP) is 4.12. The zero-order valence-electron chi connectivity index (χ0n) is 7.42. The minimum Gasteiger partial charge on any atom is -0.361 e. The fraction of sp³-hybridized carbons (Fsp3) is 0.500. The van der Waals surface area contributed by atoms with Crippen molar-refractivity contribution in [2.75, 3.05) is 11.9 Å². The summed E-state index contributed by atoms with van der Waals surface area (Å²) in [6.07, 6.45) is 0. The number of halogens is 2. The molecule has 0 amide bonds. The van der Waals surface area contributed by atoms with Crippen LogP contribution in [0.3, 0.4) is 0 Å². The Hall–Kier alpha value is 0.810. The first kappa shape index (κ1) is 11.9. The molecule has 0 saturated carbocycles. The van der Waals surface area contributed by atoms with Gasteiger partial charge in [0.25, 0.3) is 0 Å². The van der Waals surface area contributed by atoms with E-state index in [0.29, 0.717) is 4.95 Å². The van der Waals surface area contributed by atoms with Gasteiger partial charge in [0.15, 0.2) is 0 Å². The standard InChI is InChI=1S/C8H11Br2NS2/c1-5(9)11(2)6-3-8(10)13-7(6)4-12/h3,5,12H,4H2,1-2H3. The van der Waals surface area contributed by atoms with Crippen LogP contribution in [-0.4, -0.2) is 12.0 Å². The van der Waals surface area contributed by atoms with E-state index < -0.39 is 0 Å². The Labute approximate surface area is 105 Å². The van der Waals surface area contributed by atoms with E-state index in [4.69, 9.17) is 0 Å². The van der Waals surface area contributed by atoms with Crippen molar-refractivity contribution in [1.29, 1.82) is 0 Å². The normalized spacial score (nSPS) is 13.0. The van der Waals surface area contributed by atoms with Gasteiger partial charge in [-0.2, -0.15) is 12.6 Å². The number of thiol groups is 1. The molecule has 1 nitrogen and oxygen atoms in total. The number of hydrogen-bond acceptors (Lipinski definition) is 3. The zero-order valence-corrected chi connectivity index (χ0v) is 12.3. The SMILES string of the molecule is CC(Br)N(C)c1cc(Br)sc1CS. The van der Waals surface area contributed by atoms with Gasteiger partial charge < -0.3 is 4.90 Å². The molecule has 0 aliphatic heterocycles. The molecule has 0 spiro atoms. The van der Waals surface area contributed by atoms with Crippen molar-refractivity contribution in [3.05, 3.63) is 14.7 Å². The molecule has 0 fully saturated rings. The summed E-state index contributed by atoms with van der Waals surface area (Å²) in [5, 5.41) is 0. The van der Waals surface area contributed by atoms with Crippen LogP contribution in [0.2, 0.25) is 0 Å². The molecule has 1 unspecified atom stereocenters. The van der Waals surface area contributed by atoms with Gasteiger partial charge in [0.05, 0.1) is 14.4 Å². The molecule has 0 saturated heterocycles. The zero-order chi connectivity index (χ0) is 10.0. The number of anilines is 1. The van der Waals surface area contributed by atoms with Gasteiger partial charge in [0.2, 0.25) is 0 Å². The van der Waals surface area contributed by atoms with Crippen LogP contribution in [0.4, 0.5) is 5.69 Å². The average Bonchev–Trinajstić information content (AvgIpc) is 2.45. The maximum atomic E-state index is 4.30. The summed E-state index contributed by atoms with van der Waals surface area (Å²) >= 11 is 13.1. The van der Waals surface area contributed by atoms with E-state index in [9.17, 15) is 0 Å². The molecule has 1 aromatic heterocycles. The molecular weight excluding hydrogens is 334 g/mol. The predicted molar refractivity (Wildman–Crippen MR) is 71.5 cm³/mol. The maximum absolute atomic E-state index is 4.30. The van der Waals surface area contributed by atoms with Gasteiger partial charge in [-0.15, -0.1) is 11.3 Å². The summed E-state index contributed by atoms with van der Waals surface area (Å²) in [4.78, 5) is 3.82. The van der Waals surface area contributed by atoms with Gasteiger partial charge in [-0.3, -0.25) is 0 Å². The Morgan fingerprint density at radius 2 is 2.31 bits per heavy atom. The first-order valence-electron chi connectivity index (χ1n) is 3.82. The number of alkyl halides is 1. The van der Waals surface area contributed by atoms with E-state index in [0.717, 1.165) is 9.54 Å². The molecule has 0 aromatic carbocycles. The van der Waals surface area contributed by atoms with Crippen LogP contribution in [0.1, 0.15) is 11.8 Å². The minimum atomic E-state index is 0.340. The molecule has 1 heterocycles. The fourth-order valence-corrected chi connectivity index (χ4v) is 3.15. The molecule has 0 bridgehead atoms. The van der Waals surface area contributed by atoms with Gasteiger partial charge >= 0.3 is 0 Å². The largest absolute Gasteiger partial charge is 0.361 e. The lowest BCUT2D eigenvalue weighted by Gasteiger charge is -2.22. The summed E-state index contributed by atoms with van der Waals surface area (Å²) in [6.45, 7) is 2.11. The third-order valence-corrected chi connectivity index (χ3v) is 4.59. The third kappa shape index (κ3) is 2.88. The van der Waals surface area contributed by atoms with E-state index in [-0.39, 0.29) is 0 Å². The van der Waals surface area contributed by atoms with Crippen LogP contribution in [0.5, 0.6) is 0 Å². The van der Waals surface area contributed by atoms with Crippen LogP contribution < -0.4 is 4.90 Å². The van der Waals surface area contributed by atoms with Crippen LogP contribution in [-0.2, 0) is 5.75 Å². The molecule has 0 aliphatic rings. The van der Waals surface area contributed by atoms with Gasteiger partial charge in [-0.1, -0.05) is 15.9 Å². The number of hydrogen-bond donors (Lipinski definition) is 1. The van der Waals surface area contributed by atoms with Crippen molar-refractivity contribution in [3.8, 4) is 0 Å². The summed E-state index contributed by atoms with van der Waals surface area (Å²) in [5.74, 6) is 0.787. The lowest BCUT2D eigenvalue weighted by molar-refractivity contribution is 0.921. The number of nitrogens with zero attached hydrogens (tertiary/aromatic N) is 1. The van der Waals surface area contributed by atoms with Gasteiger partial charge in [-0.05, 0) is 28.9 Å². The lowest BCUT2D eigenvalue weighted by atomic mass is 10.4. The average molecular weight is 345 g/mol. The van der Waals surface area contributed by atoms with Crippen molar-refractivity contribution in [2.45, 2.75) is 17.6 Å². The maximum Gasteiger partial charge on any atom is 0.0814 e. The van der Waals surface area contributed by atoms with Gasteiger partial charge in [0, 0.05) is 17.7 Å². The number of rotatable bonds is 3. The van der Waals surface area contributed by atoms with Crippen molar-refractivity contribution in [3.63, 3.8) is 0 Å². The molecule has 0 N–H and O–H groups in total. The van der Waals surface area contributed by atoms with E-state index in [1.54, 1.807) is 11.3 Å². The Bertz CT molecular complexity index is 286.